The zero-order valence-corrected chi connectivity index (χ0v) is 11.1. The molecular formula is C14H14N2O4. The number of nitrogens with one attached hydrogen (secondary N) is 1. The highest BCUT2D eigenvalue weighted by molar-refractivity contribution is 6.05. The van der Waals surface area contributed by atoms with Crippen molar-refractivity contribution in [2.75, 3.05) is 19.5 Å². The van der Waals surface area contributed by atoms with Crippen molar-refractivity contribution in [2.45, 2.75) is 0 Å². The molecule has 0 fully saturated rings. The maximum atomic E-state index is 12.0. The van der Waals surface area contributed by atoms with Crippen LogP contribution in [0.1, 0.15) is 10.5 Å². The number of aromatic hydroxyl groups is 1. The SMILES string of the molecule is COc1ccc(NC(=O)c2ncccc2O)c(OC)c1. The molecule has 0 aliphatic heterocycles. The van der Waals surface area contributed by atoms with Crippen LogP contribution in [0.5, 0.6) is 17.2 Å². The fraction of sp³-hybridized carbons (Fsp3) is 0.143. The number of rotatable bonds is 4. The average Bonchev–Trinajstić information content (AvgIpc) is 2.48. The fourth-order valence-electron chi connectivity index (χ4n) is 1.66. The van der Waals surface area contributed by atoms with Gasteiger partial charge in [0.05, 0.1) is 19.9 Å². The van der Waals surface area contributed by atoms with Crippen LogP contribution >= 0.6 is 0 Å². The number of methoxy groups -OCH3 is 2. The van der Waals surface area contributed by atoms with Crippen molar-refractivity contribution in [1.82, 2.24) is 4.98 Å². The van der Waals surface area contributed by atoms with Gasteiger partial charge in [-0.25, -0.2) is 4.98 Å². The number of hydrogen-bond acceptors (Lipinski definition) is 5. The van der Waals surface area contributed by atoms with Gasteiger partial charge in [-0.15, -0.1) is 0 Å². The summed E-state index contributed by atoms with van der Waals surface area (Å²) in [6, 6.07) is 7.92. The van der Waals surface area contributed by atoms with Crippen LogP contribution in [0.2, 0.25) is 0 Å². The van der Waals surface area contributed by atoms with Gasteiger partial charge in [0, 0.05) is 12.3 Å². The lowest BCUT2D eigenvalue weighted by molar-refractivity contribution is 0.101. The second kappa shape index (κ2) is 5.92. The van der Waals surface area contributed by atoms with E-state index in [1.54, 1.807) is 31.4 Å². The van der Waals surface area contributed by atoms with E-state index in [-0.39, 0.29) is 11.4 Å². The van der Waals surface area contributed by atoms with Gasteiger partial charge >= 0.3 is 0 Å². The highest BCUT2D eigenvalue weighted by atomic mass is 16.5. The van der Waals surface area contributed by atoms with E-state index in [0.717, 1.165) is 0 Å². The number of ether oxygens (including phenoxy) is 2. The van der Waals surface area contributed by atoms with E-state index in [4.69, 9.17) is 9.47 Å². The van der Waals surface area contributed by atoms with E-state index < -0.39 is 5.91 Å². The molecule has 2 aromatic rings. The van der Waals surface area contributed by atoms with Gasteiger partial charge in [0.15, 0.2) is 5.69 Å². The average molecular weight is 274 g/mol. The lowest BCUT2D eigenvalue weighted by Crippen LogP contribution is -2.14. The number of carbonyl (C=O) groups excluding carboxylic acids is 1. The zero-order valence-electron chi connectivity index (χ0n) is 11.1. The van der Waals surface area contributed by atoms with Gasteiger partial charge in [0.1, 0.15) is 17.2 Å². The third-order valence-corrected chi connectivity index (χ3v) is 2.66. The maximum absolute atomic E-state index is 12.0. The molecule has 0 saturated carbocycles. The lowest BCUT2D eigenvalue weighted by atomic mass is 10.2. The molecule has 1 aromatic carbocycles. The van der Waals surface area contributed by atoms with Gasteiger partial charge < -0.3 is 19.9 Å². The largest absolute Gasteiger partial charge is 0.505 e. The molecule has 1 amide bonds. The summed E-state index contributed by atoms with van der Waals surface area (Å²) in [4.78, 5) is 15.9. The first-order chi connectivity index (χ1) is 9.65. The summed E-state index contributed by atoms with van der Waals surface area (Å²) in [6.45, 7) is 0. The first kappa shape index (κ1) is 13.7. The van der Waals surface area contributed by atoms with Gasteiger partial charge in [0.2, 0.25) is 0 Å². The number of amides is 1. The third-order valence-electron chi connectivity index (χ3n) is 2.66. The van der Waals surface area contributed by atoms with Crippen molar-refractivity contribution in [3.63, 3.8) is 0 Å². The Morgan fingerprint density at radius 3 is 2.70 bits per heavy atom. The molecule has 0 unspecified atom stereocenters. The van der Waals surface area contributed by atoms with Crippen LogP contribution in [-0.2, 0) is 0 Å². The molecule has 104 valence electrons. The van der Waals surface area contributed by atoms with Gasteiger partial charge in [-0.3, -0.25) is 4.79 Å². The quantitative estimate of drug-likeness (QED) is 0.892. The molecule has 0 atom stereocenters. The minimum absolute atomic E-state index is 0.0506. The Labute approximate surface area is 116 Å². The van der Waals surface area contributed by atoms with E-state index in [0.29, 0.717) is 17.2 Å². The predicted molar refractivity (Wildman–Crippen MR) is 73.4 cm³/mol. The molecule has 0 bridgehead atoms. The fourth-order valence-corrected chi connectivity index (χ4v) is 1.66. The molecule has 0 spiro atoms. The maximum Gasteiger partial charge on any atom is 0.278 e. The summed E-state index contributed by atoms with van der Waals surface area (Å²) in [5.41, 5.74) is 0.411. The topological polar surface area (TPSA) is 80.7 Å². The minimum Gasteiger partial charge on any atom is -0.505 e. The summed E-state index contributed by atoms with van der Waals surface area (Å²) in [5, 5.41) is 12.2. The van der Waals surface area contributed by atoms with Crippen LogP contribution < -0.4 is 14.8 Å². The second-order valence-electron chi connectivity index (χ2n) is 3.89. The molecule has 2 N–H and O–H groups in total. The molecule has 0 aliphatic carbocycles. The van der Waals surface area contributed by atoms with Crippen molar-refractivity contribution in [2.24, 2.45) is 0 Å². The van der Waals surface area contributed by atoms with Crippen LogP contribution in [-0.4, -0.2) is 30.2 Å². The number of nitrogens with zero attached hydrogens (tertiary/aromatic N) is 1. The van der Waals surface area contributed by atoms with Crippen molar-refractivity contribution < 1.29 is 19.4 Å². The first-order valence-corrected chi connectivity index (χ1v) is 5.83. The smallest absolute Gasteiger partial charge is 0.278 e. The van der Waals surface area contributed by atoms with E-state index in [1.807, 2.05) is 0 Å². The normalized spacial score (nSPS) is 9.90. The molecule has 2 rings (SSSR count). The number of carbonyl (C=O) groups is 1. The van der Waals surface area contributed by atoms with Crippen LogP contribution in [0.25, 0.3) is 0 Å². The number of pyridine rings is 1. The van der Waals surface area contributed by atoms with Gasteiger partial charge in [-0.2, -0.15) is 0 Å². The Morgan fingerprint density at radius 1 is 1.25 bits per heavy atom. The molecule has 6 heteroatoms. The van der Waals surface area contributed by atoms with E-state index >= 15 is 0 Å². The number of anilines is 1. The van der Waals surface area contributed by atoms with Gasteiger partial charge in [-0.1, -0.05) is 0 Å². The van der Waals surface area contributed by atoms with E-state index in [2.05, 4.69) is 10.3 Å². The molecule has 1 aromatic heterocycles. The zero-order chi connectivity index (χ0) is 14.5. The second-order valence-corrected chi connectivity index (χ2v) is 3.89. The molecule has 0 saturated heterocycles. The van der Waals surface area contributed by atoms with Crippen molar-refractivity contribution in [1.29, 1.82) is 0 Å². The van der Waals surface area contributed by atoms with E-state index in [1.165, 1.54) is 19.4 Å². The Hall–Kier alpha value is -2.76. The number of benzene rings is 1. The van der Waals surface area contributed by atoms with Crippen molar-refractivity contribution >= 4 is 11.6 Å². The summed E-state index contributed by atoms with van der Waals surface area (Å²) < 4.78 is 10.3. The summed E-state index contributed by atoms with van der Waals surface area (Å²) >= 11 is 0. The van der Waals surface area contributed by atoms with Crippen LogP contribution in [0, 0.1) is 0 Å². The molecular weight excluding hydrogens is 260 g/mol. The van der Waals surface area contributed by atoms with E-state index in [9.17, 15) is 9.90 Å². The standard InChI is InChI=1S/C14H14N2O4/c1-19-9-5-6-10(12(8-9)20-2)16-14(18)13-11(17)4-3-7-15-13/h3-8,17H,1-2H3,(H,16,18). The minimum atomic E-state index is -0.522. The number of hydrogen-bond donors (Lipinski definition) is 2. The molecule has 1 heterocycles. The molecule has 0 aliphatic rings. The highest BCUT2D eigenvalue weighted by Crippen LogP contribution is 2.29. The van der Waals surface area contributed by atoms with Crippen LogP contribution in [0.4, 0.5) is 5.69 Å². The summed E-state index contributed by atoms with van der Waals surface area (Å²) in [6.07, 6.45) is 1.43. The monoisotopic (exact) mass is 274 g/mol. The number of aromatic nitrogens is 1. The van der Waals surface area contributed by atoms with Crippen molar-refractivity contribution in [3.05, 3.63) is 42.2 Å². The van der Waals surface area contributed by atoms with Crippen LogP contribution in [0.15, 0.2) is 36.5 Å². The molecule has 0 radical (unpaired) electrons. The summed E-state index contributed by atoms with van der Waals surface area (Å²) in [7, 11) is 3.03. The first-order valence-electron chi connectivity index (χ1n) is 5.83. The van der Waals surface area contributed by atoms with Gasteiger partial charge in [0.25, 0.3) is 5.91 Å². The molecule has 6 nitrogen and oxygen atoms in total. The highest BCUT2D eigenvalue weighted by Gasteiger charge is 2.14. The Morgan fingerprint density at radius 2 is 2.05 bits per heavy atom. The lowest BCUT2D eigenvalue weighted by Gasteiger charge is -2.11. The van der Waals surface area contributed by atoms with Crippen LogP contribution in [0.3, 0.4) is 0 Å². The van der Waals surface area contributed by atoms with Crippen molar-refractivity contribution in [3.8, 4) is 17.2 Å². The predicted octanol–water partition coefficient (Wildman–Crippen LogP) is 2.06. The Balaban J connectivity index is 2.26. The summed E-state index contributed by atoms with van der Waals surface area (Å²) in [5.74, 6) is 0.359. The Kier molecular flexibility index (Phi) is 4.05. The Bertz CT molecular complexity index is 628. The van der Waals surface area contributed by atoms with Gasteiger partial charge in [-0.05, 0) is 24.3 Å². The third kappa shape index (κ3) is 2.80. The molecule has 20 heavy (non-hydrogen) atoms.